The van der Waals surface area contributed by atoms with Gasteiger partial charge < -0.3 is 10.8 Å². The summed E-state index contributed by atoms with van der Waals surface area (Å²) < 4.78 is 0. The Labute approximate surface area is 93.7 Å². The minimum absolute atomic E-state index is 0.237. The van der Waals surface area contributed by atoms with Gasteiger partial charge in [-0.1, -0.05) is 13.8 Å². The minimum atomic E-state index is -0.942. The molecule has 0 radical (unpaired) electrons. The Kier molecular flexibility index (Phi) is 4.03. The molecule has 0 saturated carbocycles. The van der Waals surface area contributed by atoms with Crippen LogP contribution in [0.3, 0.4) is 0 Å². The van der Waals surface area contributed by atoms with Crippen molar-refractivity contribution in [2.75, 3.05) is 11.5 Å². The van der Waals surface area contributed by atoms with E-state index in [0.717, 1.165) is 10.6 Å². The van der Waals surface area contributed by atoms with E-state index in [0.29, 0.717) is 11.6 Å². The van der Waals surface area contributed by atoms with Crippen molar-refractivity contribution in [2.24, 2.45) is 5.92 Å². The first-order valence-electron chi connectivity index (χ1n) is 4.76. The van der Waals surface area contributed by atoms with Crippen LogP contribution in [0.4, 0.5) is 5.69 Å². The second kappa shape index (κ2) is 5.07. The lowest BCUT2D eigenvalue weighted by atomic mass is 10.2. The van der Waals surface area contributed by atoms with Crippen LogP contribution in [0.2, 0.25) is 0 Å². The van der Waals surface area contributed by atoms with Gasteiger partial charge in [0.2, 0.25) is 0 Å². The van der Waals surface area contributed by atoms with Crippen molar-refractivity contribution in [2.45, 2.75) is 18.7 Å². The predicted octanol–water partition coefficient (Wildman–Crippen LogP) is 2.72. The second-order valence-corrected chi connectivity index (χ2v) is 4.82. The van der Waals surface area contributed by atoms with E-state index in [1.54, 1.807) is 23.9 Å². The van der Waals surface area contributed by atoms with Gasteiger partial charge in [0.15, 0.2) is 0 Å². The molecule has 15 heavy (non-hydrogen) atoms. The minimum Gasteiger partial charge on any atom is -0.478 e. The number of nitrogens with two attached hydrogens (primary N) is 1. The molecule has 0 bridgehead atoms. The molecule has 3 N–H and O–H groups in total. The Morgan fingerprint density at radius 3 is 2.67 bits per heavy atom. The molecule has 1 rings (SSSR count). The number of benzene rings is 1. The maximum Gasteiger partial charge on any atom is 0.335 e. The van der Waals surface area contributed by atoms with Crippen LogP contribution in [0.25, 0.3) is 0 Å². The molecule has 4 heteroatoms. The molecule has 0 aromatic heterocycles. The van der Waals surface area contributed by atoms with E-state index in [1.807, 2.05) is 0 Å². The first-order valence-corrected chi connectivity index (χ1v) is 5.75. The largest absolute Gasteiger partial charge is 0.478 e. The molecule has 0 heterocycles. The number of thioether (sulfide) groups is 1. The van der Waals surface area contributed by atoms with Crippen LogP contribution in [0, 0.1) is 5.92 Å². The third kappa shape index (κ3) is 3.47. The molecule has 0 aliphatic carbocycles. The molecule has 3 nitrogen and oxygen atoms in total. The van der Waals surface area contributed by atoms with Gasteiger partial charge in [-0.05, 0) is 24.1 Å². The lowest BCUT2D eigenvalue weighted by Crippen LogP contribution is -1.99. The zero-order valence-corrected chi connectivity index (χ0v) is 9.67. The molecule has 0 fully saturated rings. The van der Waals surface area contributed by atoms with Gasteiger partial charge in [-0.2, -0.15) is 0 Å². The average Bonchev–Trinajstić information content (AvgIpc) is 2.15. The fourth-order valence-corrected chi connectivity index (χ4v) is 1.97. The van der Waals surface area contributed by atoms with E-state index in [4.69, 9.17) is 10.8 Å². The van der Waals surface area contributed by atoms with Gasteiger partial charge in [0.05, 0.1) is 5.56 Å². The molecule has 0 unspecified atom stereocenters. The Morgan fingerprint density at radius 1 is 1.53 bits per heavy atom. The quantitative estimate of drug-likeness (QED) is 0.611. The zero-order valence-electron chi connectivity index (χ0n) is 8.86. The van der Waals surface area contributed by atoms with E-state index in [9.17, 15) is 4.79 Å². The summed E-state index contributed by atoms with van der Waals surface area (Å²) in [6.07, 6.45) is 0. The molecule has 0 saturated heterocycles. The summed E-state index contributed by atoms with van der Waals surface area (Å²) >= 11 is 1.66. The van der Waals surface area contributed by atoms with Crippen LogP contribution in [-0.4, -0.2) is 16.8 Å². The first kappa shape index (κ1) is 11.9. The number of carboxylic acids is 1. The van der Waals surface area contributed by atoms with Crippen molar-refractivity contribution in [3.63, 3.8) is 0 Å². The number of aromatic carboxylic acids is 1. The smallest absolute Gasteiger partial charge is 0.335 e. The van der Waals surface area contributed by atoms with Crippen molar-refractivity contribution in [1.82, 2.24) is 0 Å². The third-order valence-corrected chi connectivity index (χ3v) is 3.35. The van der Waals surface area contributed by atoms with Gasteiger partial charge in [-0.25, -0.2) is 4.79 Å². The van der Waals surface area contributed by atoms with Crippen molar-refractivity contribution >= 4 is 23.4 Å². The van der Waals surface area contributed by atoms with E-state index < -0.39 is 5.97 Å². The van der Waals surface area contributed by atoms with Gasteiger partial charge in [0.25, 0.3) is 0 Å². The van der Waals surface area contributed by atoms with Crippen molar-refractivity contribution in [3.05, 3.63) is 23.8 Å². The molecular weight excluding hydrogens is 210 g/mol. The number of carboxylic acid groups (broad SMARTS) is 1. The molecule has 0 aliphatic rings. The molecule has 1 aromatic carbocycles. The number of anilines is 1. The third-order valence-electron chi connectivity index (χ3n) is 1.83. The zero-order chi connectivity index (χ0) is 11.4. The molecule has 0 aliphatic heterocycles. The average molecular weight is 225 g/mol. The second-order valence-electron chi connectivity index (χ2n) is 3.76. The van der Waals surface area contributed by atoms with Crippen LogP contribution in [0.1, 0.15) is 24.2 Å². The Balaban J connectivity index is 2.79. The molecule has 0 amide bonds. The van der Waals surface area contributed by atoms with Gasteiger partial charge in [0, 0.05) is 16.3 Å². The van der Waals surface area contributed by atoms with Crippen LogP contribution >= 0.6 is 11.8 Å². The summed E-state index contributed by atoms with van der Waals surface area (Å²) in [5.41, 5.74) is 6.54. The predicted molar refractivity (Wildman–Crippen MR) is 63.4 cm³/mol. The summed E-state index contributed by atoms with van der Waals surface area (Å²) in [7, 11) is 0. The van der Waals surface area contributed by atoms with Crippen LogP contribution in [-0.2, 0) is 0 Å². The Morgan fingerprint density at radius 2 is 2.20 bits per heavy atom. The summed E-state index contributed by atoms with van der Waals surface area (Å²) in [6.45, 7) is 4.27. The summed E-state index contributed by atoms with van der Waals surface area (Å²) in [6, 6.07) is 4.86. The fraction of sp³-hybridized carbons (Fsp3) is 0.364. The number of carbonyl (C=O) groups is 1. The van der Waals surface area contributed by atoms with Gasteiger partial charge in [-0.3, -0.25) is 0 Å². The molecule has 1 aromatic rings. The maximum absolute atomic E-state index is 10.7. The fourth-order valence-electron chi connectivity index (χ4n) is 1.07. The van der Waals surface area contributed by atoms with Gasteiger partial charge in [0.1, 0.15) is 0 Å². The lowest BCUT2D eigenvalue weighted by molar-refractivity contribution is 0.0697. The van der Waals surface area contributed by atoms with E-state index in [-0.39, 0.29) is 5.56 Å². The molecule has 0 atom stereocenters. The number of hydrogen-bond donors (Lipinski definition) is 2. The molecular formula is C11H15NO2S. The Bertz CT molecular complexity index is 364. The first-order chi connectivity index (χ1) is 7.00. The van der Waals surface area contributed by atoms with Crippen molar-refractivity contribution < 1.29 is 9.90 Å². The lowest BCUT2D eigenvalue weighted by Gasteiger charge is -2.07. The summed E-state index contributed by atoms with van der Waals surface area (Å²) in [5, 5.41) is 8.76. The van der Waals surface area contributed by atoms with Crippen LogP contribution < -0.4 is 5.73 Å². The SMILES string of the molecule is CC(C)CSc1ccc(C(=O)O)cc1N. The normalized spacial score (nSPS) is 10.6. The number of rotatable bonds is 4. The van der Waals surface area contributed by atoms with Crippen molar-refractivity contribution in [1.29, 1.82) is 0 Å². The maximum atomic E-state index is 10.7. The van der Waals surface area contributed by atoms with E-state index >= 15 is 0 Å². The van der Waals surface area contributed by atoms with Gasteiger partial charge in [-0.15, -0.1) is 11.8 Å². The summed E-state index contributed by atoms with van der Waals surface area (Å²) in [4.78, 5) is 11.6. The van der Waals surface area contributed by atoms with E-state index in [1.165, 1.54) is 6.07 Å². The Hall–Kier alpha value is -1.16. The molecule has 82 valence electrons. The van der Waals surface area contributed by atoms with Crippen LogP contribution in [0.15, 0.2) is 23.1 Å². The highest BCUT2D eigenvalue weighted by Gasteiger charge is 2.07. The highest BCUT2D eigenvalue weighted by Crippen LogP contribution is 2.27. The summed E-state index contributed by atoms with van der Waals surface area (Å²) in [5.74, 6) is 0.632. The topological polar surface area (TPSA) is 63.3 Å². The van der Waals surface area contributed by atoms with Crippen LogP contribution in [0.5, 0.6) is 0 Å². The van der Waals surface area contributed by atoms with E-state index in [2.05, 4.69) is 13.8 Å². The number of nitrogen functional groups attached to an aromatic ring is 1. The highest BCUT2D eigenvalue weighted by atomic mass is 32.2. The van der Waals surface area contributed by atoms with Gasteiger partial charge >= 0.3 is 5.97 Å². The standard InChI is InChI=1S/C11H15NO2S/c1-7(2)6-15-10-4-3-8(11(13)14)5-9(10)12/h3-5,7H,6,12H2,1-2H3,(H,13,14). The van der Waals surface area contributed by atoms with Crippen molar-refractivity contribution in [3.8, 4) is 0 Å². The monoisotopic (exact) mass is 225 g/mol. The molecule has 0 spiro atoms. The number of hydrogen-bond acceptors (Lipinski definition) is 3. The highest BCUT2D eigenvalue weighted by molar-refractivity contribution is 7.99.